The summed E-state index contributed by atoms with van der Waals surface area (Å²) in [6.07, 6.45) is 0. The number of rotatable bonds is 4. The Bertz CT molecular complexity index is 766. The van der Waals surface area contributed by atoms with Crippen LogP contribution >= 0.6 is 11.6 Å². The first-order valence-electron chi connectivity index (χ1n) is 6.50. The topological polar surface area (TPSA) is 55.0 Å². The number of nitriles is 1. The van der Waals surface area contributed by atoms with Crippen LogP contribution in [0.5, 0.6) is 5.75 Å². The van der Waals surface area contributed by atoms with Crippen LogP contribution in [0, 0.1) is 24.3 Å². The molecule has 0 unspecified atom stereocenters. The molecule has 111 valence electrons. The van der Waals surface area contributed by atoms with Crippen molar-refractivity contribution in [3.05, 3.63) is 51.3 Å². The second-order valence-electron chi connectivity index (χ2n) is 4.46. The van der Waals surface area contributed by atoms with Gasteiger partial charge in [0.25, 0.3) is 0 Å². The summed E-state index contributed by atoms with van der Waals surface area (Å²) in [5.41, 5.74) is 2.29. The first-order chi connectivity index (χ1) is 10.1. The minimum absolute atomic E-state index is 0. The summed E-state index contributed by atoms with van der Waals surface area (Å²) in [4.78, 5) is 12.1. The summed E-state index contributed by atoms with van der Waals surface area (Å²) in [6.45, 7) is 4.32. The Morgan fingerprint density at radius 3 is 2.77 bits per heavy atom. The van der Waals surface area contributed by atoms with Gasteiger partial charge < -0.3 is 9.30 Å². The fraction of sp³-hybridized carbons (Fsp3) is 0.250. The van der Waals surface area contributed by atoms with E-state index in [9.17, 15) is 4.79 Å². The van der Waals surface area contributed by atoms with Crippen molar-refractivity contribution in [2.24, 2.45) is 0 Å². The van der Waals surface area contributed by atoms with E-state index in [1.165, 1.54) is 6.07 Å². The van der Waals surface area contributed by atoms with Gasteiger partial charge in [0.05, 0.1) is 0 Å². The number of ether oxygens (including phenoxy) is 1. The first-order valence-corrected chi connectivity index (χ1v) is 6.88. The molecule has 0 spiro atoms. The van der Waals surface area contributed by atoms with Gasteiger partial charge >= 0.3 is 0 Å². The SMILES string of the molecule is CCn1c(-c2ccc(OCC#N)cc2C)[c-]cc(Cl)c1=O.[Y]. The van der Waals surface area contributed by atoms with Crippen LogP contribution in [0.2, 0.25) is 5.02 Å². The van der Waals surface area contributed by atoms with Crippen molar-refractivity contribution in [1.82, 2.24) is 4.57 Å². The first kappa shape index (κ1) is 18.9. The van der Waals surface area contributed by atoms with Crippen molar-refractivity contribution in [3.8, 4) is 23.1 Å². The molecule has 1 aromatic carbocycles. The van der Waals surface area contributed by atoms with Gasteiger partial charge in [-0.15, -0.1) is 6.07 Å². The Morgan fingerprint density at radius 1 is 1.45 bits per heavy atom. The molecule has 0 saturated heterocycles. The second-order valence-corrected chi connectivity index (χ2v) is 4.87. The van der Waals surface area contributed by atoms with Crippen molar-refractivity contribution in [1.29, 1.82) is 5.26 Å². The van der Waals surface area contributed by atoms with Crippen LogP contribution in [-0.2, 0) is 39.3 Å². The van der Waals surface area contributed by atoms with Gasteiger partial charge in [-0.1, -0.05) is 23.7 Å². The van der Waals surface area contributed by atoms with E-state index < -0.39 is 0 Å². The molecule has 0 aliphatic carbocycles. The van der Waals surface area contributed by atoms with Gasteiger partial charge in [0.15, 0.2) is 6.61 Å². The van der Waals surface area contributed by atoms with Gasteiger partial charge in [-0.2, -0.15) is 29.0 Å². The average molecular weight is 391 g/mol. The molecule has 1 aromatic heterocycles. The van der Waals surface area contributed by atoms with E-state index in [0.29, 0.717) is 18.0 Å². The summed E-state index contributed by atoms with van der Waals surface area (Å²) >= 11 is 5.86. The maximum absolute atomic E-state index is 12.1. The largest absolute Gasteiger partial charge is 0.479 e. The molecule has 0 aliphatic rings. The van der Waals surface area contributed by atoms with Crippen molar-refractivity contribution in [3.63, 3.8) is 0 Å². The second kappa shape index (κ2) is 8.48. The van der Waals surface area contributed by atoms with Crippen LogP contribution in [-0.4, -0.2) is 11.2 Å². The molecule has 4 nitrogen and oxygen atoms in total. The molecule has 0 amide bonds. The number of hydrogen-bond acceptors (Lipinski definition) is 3. The minimum Gasteiger partial charge on any atom is -0.479 e. The van der Waals surface area contributed by atoms with Gasteiger partial charge in [0.1, 0.15) is 11.8 Å². The summed E-state index contributed by atoms with van der Waals surface area (Å²) in [7, 11) is 0. The Hall–Kier alpha value is -1.15. The van der Waals surface area contributed by atoms with Crippen LogP contribution in [0.1, 0.15) is 12.5 Å². The third kappa shape index (κ3) is 3.98. The van der Waals surface area contributed by atoms with Gasteiger partial charge in [-0.25, -0.2) is 0 Å². The van der Waals surface area contributed by atoms with Gasteiger partial charge in [-0.3, -0.25) is 4.79 Å². The summed E-state index contributed by atoms with van der Waals surface area (Å²) < 4.78 is 6.85. The summed E-state index contributed by atoms with van der Waals surface area (Å²) in [6, 6.07) is 11.9. The Kier molecular flexibility index (Phi) is 7.28. The van der Waals surface area contributed by atoms with Crippen molar-refractivity contribution in [2.75, 3.05) is 6.61 Å². The molecule has 0 aliphatic heterocycles. The van der Waals surface area contributed by atoms with Gasteiger partial charge in [0.2, 0.25) is 5.56 Å². The van der Waals surface area contributed by atoms with Crippen molar-refractivity contribution in [2.45, 2.75) is 20.4 Å². The van der Waals surface area contributed by atoms with Crippen LogP contribution in [0.4, 0.5) is 0 Å². The van der Waals surface area contributed by atoms with Crippen molar-refractivity contribution < 1.29 is 37.4 Å². The van der Waals surface area contributed by atoms with Gasteiger partial charge in [-0.05, 0) is 19.1 Å². The zero-order valence-electron chi connectivity index (χ0n) is 12.4. The quantitative estimate of drug-likeness (QED) is 0.753. The third-order valence-corrected chi connectivity index (χ3v) is 3.40. The van der Waals surface area contributed by atoms with Crippen LogP contribution in [0.3, 0.4) is 0 Å². The molecule has 0 saturated carbocycles. The molecule has 1 heterocycles. The standard InChI is InChI=1S/C16H14ClN2O2.Y/c1-3-19-15(7-6-14(17)16(19)20)13-5-4-12(10-11(13)2)21-9-8-18;/h4-6,10H,3,9H2,1-2H3;/q-1;. The van der Waals surface area contributed by atoms with E-state index in [4.69, 9.17) is 21.6 Å². The van der Waals surface area contributed by atoms with E-state index in [-0.39, 0.29) is 49.9 Å². The molecule has 1 radical (unpaired) electrons. The Balaban J connectivity index is 0.00000242. The number of benzene rings is 1. The number of hydrogen-bond donors (Lipinski definition) is 0. The molecule has 2 aromatic rings. The van der Waals surface area contributed by atoms with E-state index in [1.807, 2.05) is 32.0 Å². The fourth-order valence-electron chi connectivity index (χ4n) is 2.13. The number of pyridine rings is 1. The Labute approximate surface area is 159 Å². The molecule has 22 heavy (non-hydrogen) atoms. The van der Waals surface area contributed by atoms with Crippen LogP contribution in [0.15, 0.2) is 29.1 Å². The number of nitrogens with zero attached hydrogens (tertiary/aromatic N) is 2. The number of halogens is 1. The zero-order chi connectivity index (χ0) is 15.4. The van der Waals surface area contributed by atoms with E-state index in [1.54, 1.807) is 10.6 Å². The maximum Gasteiger partial charge on any atom is 0.212 e. The predicted molar refractivity (Wildman–Crippen MR) is 81.5 cm³/mol. The molecular formula is C16H14ClN2O2Y-. The van der Waals surface area contributed by atoms with Crippen LogP contribution < -0.4 is 10.3 Å². The molecule has 0 atom stereocenters. The summed E-state index contributed by atoms with van der Waals surface area (Å²) in [5.74, 6) is 0.622. The zero-order valence-corrected chi connectivity index (χ0v) is 16.0. The molecule has 0 fully saturated rings. The third-order valence-electron chi connectivity index (χ3n) is 3.13. The van der Waals surface area contributed by atoms with Crippen molar-refractivity contribution >= 4 is 11.6 Å². The molecule has 0 bridgehead atoms. The van der Waals surface area contributed by atoms with Crippen LogP contribution in [0.25, 0.3) is 11.3 Å². The number of aromatic nitrogens is 1. The smallest absolute Gasteiger partial charge is 0.212 e. The number of aryl methyl sites for hydroxylation is 1. The fourth-order valence-corrected chi connectivity index (χ4v) is 2.29. The molecule has 0 N–H and O–H groups in total. The van der Waals surface area contributed by atoms with E-state index in [2.05, 4.69) is 6.07 Å². The molecule has 2 rings (SSSR count). The predicted octanol–water partition coefficient (Wildman–Crippen LogP) is 3.20. The Morgan fingerprint density at radius 2 is 2.18 bits per heavy atom. The monoisotopic (exact) mass is 390 g/mol. The normalized spacial score (nSPS) is 9.73. The summed E-state index contributed by atoms with van der Waals surface area (Å²) in [5, 5.41) is 8.68. The average Bonchev–Trinajstić information content (AvgIpc) is 2.48. The maximum atomic E-state index is 12.1. The van der Waals surface area contributed by atoms with E-state index in [0.717, 1.165) is 11.1 Å². The van der Waals surface area contributed by atoms with E-state index >= 15 is 0 Å². The molecular weight excluding hydrogens is 377 g/mol. The molecule has 6 heteroatoms. The minimum atomic E-state index is -0.225. The van der Waals surface area contributed by atoms with Gasteiger partial charge in [0, 0.05) is 44.3 Å².